The molecular weight excluding hydrogens is 224 g/mol. The maximum absolute atomic E-state index is 8.86. The van der Waals surface area contributed by atoms with Gasteiger partial charge in [-0.3, -0.25) is 0 Å². The molecule has 0 aromatic heterocycles. The van der Waals surface area contributed by atoms with Crippen LogP contribution in [-0.4, -0.2) is 35.8 Å². The lowest BCUT2D eigenvalue weighted by molar-refractivity contribution is 0.0824. The van der Waals surface area contributed by atoms with Crippen molar-refractivity contribution in [2.45, 2.75) is 38.6 Å². The molecule has 100 valence electrons. The summed E-state index contributed by atoms with van der Waals surface area (Å²) in [6.07, 6.45) is 4.50. The minimum Gasteiger partial charge on any atom is -0.317 e. The van der Waals surface area contributed by atoms with Gasteiger partial charge in [0.05, 0.1) is 0 Å². The van der Waals surface area contributed by atoms with Crippen LogP contribution in [0.4, 0.5) is 0 Å². The van der Waals surface area contributed by atoms with E-state index in [1.807, 2.05) is 0 Å². The molecule has 0 amide bonds. The Labute approximate surface area is 110 Å². The molecule has 1 aromatic carbocycles. The predicted molar refractivity (Wildman–Crippen MR) is 73.9 cm³/mol. The zero-order valence-electron chi connectivity index (χ0n) is 11.2. The van der Waals surface area contributed by atoms with Crippen molar-refractivity contribution in [2.75, 3.05) is 19.6 Å². The maximum Gasteiger partial charge on any atom is 0.0344 e. The second kappa shape index (κ2) is 6.88. The predicted octanol–water partition coefficient (Wildman–Crippen LogP) is 2.37. The molecule has 0 unspecified atom stereocenters. The molecule has 3 nitrogen and oxygen atoms in total. The summed E-state index contributed by atoms with van der Waals surface area (Å²) in [7, 11) is 0. The topological polar surface area (TPSA) is 35.5 Å². The lowest BCUT2D eigenvalue weighted by Gasteiger charge is -2.31. The van der Waals surface area contributed by atoms with E-state index >= 15 is 0 Å². The number of nitrogens with zero attached hydrogens (tertiary/aromatic N) is 1. The molecule has 1 aliphatic rings. The summed E-state index contributed by atoms with van der Waals surface area (Å²) in [5.41, 5.74) is 5.18. The van der Waals surface area contributed by atoms with Crippen LogP contribution >= 0.6 is 0 Å². The zero-order valence-corrected chi connectivity index (χ0v) is 11.2. The van der Waals surface area contributed by atoms with E-state index in [0.717, 1.165) is 25.9 Å². The first-order valence-corrected chi connectivity index (χ1v) is 6.95. The monoisotopic (exact) mass is 248 g/mol. The number of rotatable bonds is 5. The van der Waals surface area contributed by atoms with Gasteiger partial charge >= 0.3 is 0 Å². The van der Waals surface area contributed by atoms with Gasteiger partial charge in [-0.1, -0.05) is 29.8 Å². The van der Waals surface area contributed by atoms with E-state index in [-0.39, 0.29) is 0 Å². The molecule has 1 fully saturated rings. The first-order valence-electron chi connectivity index (χ1n) is 6.95. The first-order chi connectivity index (χ1) is 8.78. The molecule has 0 saturated carbocycles. The molecule has 0 radical (unpaired) electrons. The van der Waals surface area contributed by atoms with Gasteiger partial charge in [0.15, 0.2) is 0 Å². The number of likely N-dealkylation sites (tertiary alicyclic amines) is 1. The van der Waals surface area contributed by atoms with E-state index in [9.17, 15) is 0 Å². The lowest BCUT2D eigenvalue weighted by Crippen LogP contribution is -2.41. The average Bonchev–Trinajstić information content (AvgIpc) is 2.40. The molecule has 2 rings (SSSR count). The van der Waals surface area contributed by atoms with Gasteiger partial charge in [0, 0.05) is 6.04 Å². The van der Waals surface area contributed by atoms with Gasteiger partial charge in [-0.05, 0) is 57.8 Å². The van der Waals surface area contributed by atoms with Gasteiger partial charge in [-0.15, -0.1) is 0 Å². The van der Waals surface area contributed by atoms with Crippen molar-refractivity contribution in [3.05, 3.63) is 35.4 Å². The second-order valence-electron chi connectivity index (χ2n) is 5.34. The van der Waals surface area contributed by atoms with Crippen LogP contribution < -0.4 is 5.48 Å². The van der Waals surface area contributed by atoms with Crippen LogP contribution in [0.5, 0.6) is 0 Å². The highest BCUT2D eigenvalue weighted by atomic mass is 16.5. The van der Waals surface area contributed by atoms with Crippen LogP contribution in [0, 0.1) is 6.92 Å². The van der Waals surface area contributed by atoms with Crippen molar-refractivity contribution in [1.29, 1.82) is 0 Å². The molecule has 18 heavy (non-hydrogen) atoms. The van der Waals surface area contributed by atoms with E-state index in [1.54, 1.807) is 0 Å². The van der Waals surface area contributed by atoms with Crippen LogP contribution in [-0.2, 0) is 6.42 Å². The van der Waals surface area contributed by atoms with Gasteiger partial charge in [-0.25, -0.2) is 5.48 Å². The van der Waals surface area contributed by atoms with E-state index in [0.29, 0.717) is 6.04 Å². The standard InChI is InChI=1S/C15H24N2O/c1-13-4-2-5-14(12-13)6-3-9-17-10-7-15(16-18)8-11-17/h2,4-5,12,15-16,18H,3,6-11H2,1H3. The van der Waals surface area contributed by atoms with Gasteiger partial charge in [0.25, 0.3) is 0 Å². The molecule has 1 heterocycles. The van der Waals surface area contributed by atoms with E-state index in [1.165, 1.54) is 30.5 Å². The number of hydrogen-bond acceptors (Lipinski definition) is 3. The van der Waals surface area contributed by atoms with Crippen molar-refractivity contribution < 1.29 is 5.21 Å². The summed E-state index contributed by atoms with van der Waals surface area (Å²) in [5, 5.41) is 8.86. The lowest BCUT2D eigenvalue weighted by atomic mass is 10.0. The Morgan fingerprint density at radius 2 is 2.11 bits per heavy atom. The average molecular weight is 248 g/mol. The molecule has 2 N–H and O–H groups in total. The van der Waals surface area contributed by atoms with Crippen molar-refractivity contribution in [1.82, 2.24) is 10.4 Å². The third-order valence-electron chi connectivity index (χ3n) is 3.79. The second-order valence-corrected chi connectivity index (χ2v) is 5.34. The Morgan fingerprint density at radius 3 is 2.78 bits per heavy atom. The summed E-state index contributed by atoms with van der Waals surface area (Å²) < 4.78 is 0. The summed E-state index contributed by atoms with van der Waals surface area (Å²) in [5.74, 6) is 0. The quantitative estimate of drug-likeness (QED) is 0.785. The smallest absolute Gasteiger partial charge is 0.0344 e. The normalized spacial score (nSPS) is 18.1. The Hall–Kier alpha value is -0.900. The number of hydroxylamine groups is 1. The van der Waals surface area contributed by atoms with Crippen molar-refractivity contribution in [3.63, 3.8) is 0 Å². The van der Waals surface area contributed by atoms with Crippen LogP contribution in [0.15, 0.2) is 24.3 Å². The number of hydrogen-bond donors (Lipinski definition) is 2. The molecule has 3 heteroatoms. The number of aryl methyl sites for hydroxylation is 2. The Balaban J connectivity index is 1.67. The highest BCUT2D eigenvalue weighted by Crippen LogP contribution is 2.12. The molecule has 0 bridgehead atoms. The van der Waals surface area contributed by atoms with Crippen LogP contribution in [0.2, 0.25) is 0 Å². The molecule has 0 atom stereocenters. The Morgan fingerprint density at radius 1 is 1.33 bits per heavy atom. The summed E-state index contributed by atoms with van der Waals surface area (Å²) >= 11 is 0. The van der Waals surface area contributed by atoms with Crippen molar-refractivity contribution in [2.24, 2.45) is 0 Å². The third-order valence-corrected chi connectivity index (χ3v) is 3.79. The Kier molecular flexibility index (Phi) is 5.17. The van der Waals surface area contributed by atoms with Crippen LogP contribution in [0.25, 0.3) is 0 Å². The van der Waals surface area contributed by atoms with Crippen molar-refractivity contribution >= 4 is 0 Å². The van der Waals surface area contributed by atoms with Gasteiger partial charge < -0.3 is 10.1 Å². The van der Waals surface area contributed by atoms with Gasteiger partial charge in [0.1, 0.15) is 0 Å². The van der Waals surface area contributed by atoms with Crippen molar-refractivity contribution in [3.8, 4) is 0 Å². The molecule has 1 aliphatic heterocycles. The van der Waals surface area contributed by atoms with Crippen LogP contribution in [0.3, 0.4) is 0 Å². The van der Waals surface area contributed by atoms with E-state index < -0.39 is 0 Å². The first kappa shape index (κ1) is 13.5. The number of piperidine rings is 1. The highest BCUT2D eigenvalue weighted by Gasteiger charge is 2.17. The minimum atomic E-state index is 0.304. The maximum atomic E-state index is 8.86. The molecule has 0 spiro atoms. The van der Waals surface area contributed by atoms with E-state index in [4.69, 9.17) is 5.21 Å². The highest BCUT2D eigenvalue weighted by molar-refractivity contribution is 5.22. The molecule has 1 saturated heterocycles. The van der Waals surface area contributed by atoms with Crippen LogP contribution in [0.1, 0.15) is 30.4 Å². The number of benzene rings is 1. The largest absolute Gasteiger partial charge is 0.317 e. The third kappa shape index (κ3) is 4.09. The summed E-state index contributed by atoms with van der Waals surface area (Å²) in [6, 6.07) is 9.09. The zero-order chi connectivity index (χ0) is 12.8. The minimum absolute atomic E-state index is 0.304. The van der Waals surface area contributed by atoms with Gasteiger partial charge in [-0.2, -0.15) is 0 Å². The number of nitrogens with one attached hydrogen (secondary N) is 1. The van der Waals surface area contributed by atoms with E-state index in [2.05, 4.69) is 41.6 Å². The fourth-order valence-electron chi connectivity index (χ4n) is 2.66. The molecule has 1 aromatic rings. The fraction of sp³-hybridized carbons (Fsp3) is 0.600. The van der Waals surface area contributed by atoms with Gasteiger partial charge in [0.2, 0.25) is 0 Å². The molecular formula is C15H24N2O. The summed E-state index contributed by atoms with van der Waals surface area (Å²) in [6.45, 7) is 5.53. The molecule has 0 aliphatic carbocycles. The fourth-order valence-corrected chi connectivity index (χ4v) is 2.66. The summed E-state index contributed by atoms with van der Waals surface area (Å²) in [4.78, 5) is 2.50. The SMILES string of the molecule is Cc1cccc(CCCN2CCC(NO)CC2)c1. The Bertz CT molecular complexity index is 359.